The van der Waals surface area contributed by atoms with Crippen molar-refractivity contribution in [2.45, 2.75) is 26.4 Å². The first-order valence-corrected chi connectivity index (χ1v) is 4.52. The Kier molecular flexibility index (Phi) is 2.36. The third-order valence-electron chi connectivity index (χ3n) is 0.355. The number of hydrogen-bond acceptors (Lipinski definition) is 3. The number of hydrogen-bond donors (Lipinski definition) is 1. The summed E-state index contributed by atoms with van der Waals surface area (Å²) < 4.78 is 32.5. The summed E-state index contributed by atoms with van der Waals surface area (Å²) >= 11 is -4.95. The standard InChI is InChI=1S/C4H9O.Cr.H2O.2O/c1-4(2,3)5;;;;/h1-3H3;;1H2;;/q-1;+2;;;/p-1. The third kappa shape index (κ3) is 8.05. The van der Waals surface area contributed by atoms with Gasteiger partial charge >= 0.3 is 55.5 Å². The molecule has 0 rings (SSSR count). The van der Waals surface area contributed by atoms with Crippen LogP contribution in [-0.4, -0.2) is 9.76 Å². The average molecular weight is 174 g/mol. The second-order valence-corrected chi connectivity index (χ2v) is 4.22. The van der Waals surface area contributed by atoms with Crippen LogP contribution in [0.25, 0.3) is 0 Å². The SMILES string of the molecule is CC(C)(C)[O][Cr](=[O])(=[O])[OH]. The Morgan fingerprint density at radius 2 is 1.67 bits per heavy atom. The molecule has 0 bridgehead atoms. The van der Waals surface area contributed by atoms with E-state index in [1.165, 1.54) is 0 Å². The van der Waals surface area contributed by atoms with Crippen molar-refractivity contribution in [2.75, 3.05) is 0 Å². The van der Waals surface area contributed by atoms with Gasteiger partial charge in [-0.25, -0.2) is 0 Å². The topological polar surface area (TPSA) is 63.6 Å². The van der Waals surface area contributed by atoms with Crippen LogP contribution in [-0.2, 0) is 25.0 Å². The average Bonchev–Trinajstić information content (AvgIpc) is 1.14. The van der Waals surface area contributed by atoms with Crippen molar-refractivity contribution in [3.63, 3.8) is 0 Å². The molecule has 0 aliphatic heterocycles. The van der Waals surface area contributed by atoms with Crippen LogP contribution in [0.15, 0.2) is 0 Å². The Morgan fingerprint density at radius 3 is 1.67 bits per heavy atom. The van der Waals surface area contributed by atoms with E-state index in [-0.39, 0.29) is 0 Å². The molecule has 0 radical (unpaired) electrons. The Balaban J connectivity index is 4.07. The van der Waals surface area contributed by atoms with Crippen LogP contribution in [0.4, 0.5) is 0 Å². The van der Waals surface area contributed by atoms with Crippen LogP contribution >= 0.6 is 0 Å². The van der Waals surface area contributed by atoms with Crippen molar-refractivity contribution in [1.29, 1.82) is 0 Å². The second-order valence-electron chi connectivity index (χ2n) is 2.62. The van der Waals surface area contributed by atoms with E-state index in [2.05, 4.69) is 3.79 Å². The van der Waals surface area contributed by atoms with Crippen LogP contribution in [0, 0.1) is 0 Å². The van der Waals surface area contributed by atoms with Crippen LogP contribution in [0.3, 0.4) is 0 Å². The van der Waals surface area contributed by atoms with Crippen LogP contribution in [0.5, 0.6) is 0 Å². The zero-order valence-corrected chi connectivity index (χ0v) is 6.86. The van der Waals surface area contributed by atoms with Crippen molar-refractivity contribution in [2.24, 2.45) is 0 Å². The third-order valence-corrected chi connectivity index (χ3v) is 1.46. The quantitative estimate of drug-likeness (QED) is 0.627. The second kappa shape index (κ2) is 2.35. The molecule has 1 N–H and O–H groups in total. The first-order valence-electron chi connectivity index (χ1n) is 2.39. The molecule has 0 aromatic heterocycles. The van der Waals surface area contributed by atoms with Gasteiger partial charge in [0.15, 0.2) is 0 Å². The van der Waals surface area contributed by atoms with Gasteiger partial charge in [0, 0.05) is 0 Å². The maximum atomic E-state index is 10.1. The first kappa shape index (κ1) is 9.05. The molecule has 0 aliphatic rings. The van der Waals surface area contributed by atoms with E-state index >= 15 is 0 Å². The Hall–Kier alpha value is 0.0525. The normalized spacial score (nSPS) is 13.8. The summed E-state index contributed by atoms with van der Waals surface area (Å²) in [5.74, 6) is 0. The molecule has 0 aromatic carbocycles. The molecular weight excluding hydrogens is 164 g/mol. The Labute approximate surface area is 56.2 Å². The minimum atomic E-state index is -4.95. The Morgan fingerprint density at radius 1 is 1.33 bits per heavy atom. The fraction of sp³-hybridized carbons (Fsp3) is 1.00. The van der Waals surface area contributed by atoms with E-state index in [4.69, 9.17) is 4.16 Å². The molecule has 56 valence electrons. The summed E-state index contributed by atoms with van der Waals surface area (Å²) in [6, 6.07) is 0. The van der Waals surface area contributed by atoms with E-state index in [0.717, 1.165) is 0 Å². The zero-order chi connectivity index (χ0) is 7.71. The molecule has 9 heavy (non-hydrogen) atoms. The van der Waals surface area contributed by atoms with E-state index in [0.29, 0.717) is 0 Å². The monoisotopic (exact) mass is 174 g/mol. The van der Waals surface area contributed by atoms with Gasteiger partial charge < -0.3 is 0 Å². The van der Waals surface area contributed by atoms with Gasteiger partial charge in [0.05, 0.1) is 0 Å². The minimum absolute atomic E-state index is 0.821. The van der Waals surface area contributed by atoms with Gasteiger partial charge in [0.1, 0.15) is 0 Å². The first-order chi connectivity index (χ1) is 3.71. The molecule has 0 spiro atoms. The summed E-state index contributed by atoms with van der Waals surface area (Å²) in [6.07, 6.45) is 0. The van der Waals surface area contributed by atoms with Crippen LogP contribution in [0.2, 0.25) is 0 Å². The maximum absolute atomic E-state index is 10.1. The summed E-state index contributed by atoms with van der Waals surface area (Å²) in [7, 11) is 0. The summed E-state index contributed by atoms with van der Waals surface area (Å²) in [4.78, 5) is 0. The van der Waals surface area contributed by atoms with Crippen molar-refractivity contribution in [3.8, 4) is 0 Å². The summed E-state index contributed by atoms with van der Waals surface area (Å²) in [6.45, 7) is 4.64. The molecule has 4 nitrogen and oxygen atoms in total. The predicted molar refractivity (Wildman–Crippen MR) is 24.4 cm³/mol. The molecule has 0 heterocycles. The molecule has 0 saturated heterocycles. The van der Waals surface area contributed by atoms with Gasteiger partial charge in [-0.15, -0.1) is 0 Å². The molecule has 0 aromatic rings. The predicted octanol–water partition coefficient (Wildman–Crippen LogP) is 0.469. The van der Waals surface area contributed by atoms with Crippen molar-refractivity contribution >= 4 is 0 Å². The van der Waals surface area contributed by atoms with Crippen LogP contribution in [0.1, 0.15) is 20.8 Å². The van der Waals surface area contributed by atoms with Gasteiger partial charge in [-0.05, 0) is 0 Å². The zero-order valence-electron chi connectivity index (χ0n) is 5.58. The van der Waals surface area contributed by atoms with E-state index in [1.807, 2.05) is 0 Å². The van der Waals surface area contributed by atoms with Crippen molar-refractivity contribution < 1.29 is 29.2 Å². The Bertz CT molecular complexity index is 173. The molecular formula is C4H10CrO4. The fourth-order valence-electron chi connectivity index (χ4n) is 0.316. The molecule has 0 amide bonds. The molecule has 5 heteroatoms. The fourth-order valence-corrected chi connectivity index (χ4v) is 1.30. The molecule has 0 aliphatic carbocycles. The van der Waals surface area contributed by atoms with Gasteiger partial charge in [0.2, 0.25) is 0 Å². The van der Waals surface area contributed by atoms with Gasteiger partial charge in [-0.3, -0.25) is 0 Å². The molecule has 0 unspecified atom stereocenters. The van der Waals surface area contributed by atoms with Gasteiger partial charge in [-0.1, -0.05) is 0 Å². The van der Waals surface area contributed by atoms with Crippen molar-refractivity contribution in [3.05, 3.63) is 0 Å². The number of rotatable bonds is 1. The van der Waals surface area contributed by atoms with E-state index in [1.54, 1.807) is 20.8 Å². The molecule has 0 saturated carbocycles. The van der Waals surface area contributed by atoms with E-state index < -0.39 is 19.2 Å². The summed E-state index contributed by atoms with van der Waals surface area (Å²) in [5.41, 5.74) is -0.821. The van der Waals surface area contributed by atoms with Gasteiger partial charge in [-0.2, -0.15) is 0 Å². The van der Waals surface area contributed by atoms with E-state index in [9.17, 15) is 7.61 Å². The van der Waals surface area contributed by atoms with Gasteiger partial charge in [0.25, 0.3) is 0 Å². The molecule has 0 atom stereocenters. The summed E-state index contributed by atoms with van der Waals surface area (Å²) in [5, 5.41) is 0. The molecule has 0 fully saturated rings. The van der Waals surface area contributed by atoms with Crippen molar-refractivity contribution in [1.82, 2.24) is 0 Å². The van der Waals surface area contributed by atoms with Crippen LogP contribution < -0.4 is 0 Å².